The van der Waals surface area contributed by atoms with Gasteiger partial charge in [-0.25, -0.2) is 4.79 Å². The number of phenols is 1. The molecule has 0 aliphatic rings. The average Bonchev–Trinajstić information content (AvgIpc) is 2.67. The number of anilines is 1. The molecule has 0 saturated heterocycles. The van der Waals surface area contributed by atoms with E-state index < -0.39 is 23.9 Å². The molecule has 2 aromatic carbocycles. The first-order valence-corrected chi connectivity index (χ1v) is 9.79. The highest BCUT2D eigenvalue weighted by atomic mass is 16.5. The van der Waals surface area contributed by atoms with E-state index in [1.807, 2.05) is 33.8 Å². The van der Waals surface area contributed by atoms with E-state index in [-0.39, 0.29) is 23.1 Å². The van der Waals surface area contributed by atoms with Crippen LogP contribution in [-0.4, -0.2) is 29.0 Å². The van der Waals surface area contributed by atoms with E-state index in [2.05, 4.69) is 5.32 Å². The zero-order valence-corrected chi connectivity index (χ0v) is 17.9. The number of hydrogen-bond donors (Lipinski definition) is 3. The monoisotopic (exact) mass is 412 g/mol. The van der Waals surface area contributed by atoms with E-state index in [1.54, 1.807) is 6.07 Å². The SMILES string of the molecule is CC(C)c1cc(C(=O)O[C@H](C)C(=O)Nc2ccc(C(N)=O)cc2)c(O)c(C(C)C)c1. The highest BCUT2D eigenvalue weighted by molar-refractivity contribution is 5.99. The Morgan fingerprint density at radius 1 is 0.967 bits per heavy atom. The highest BCUT2D eigenvalue weighted by Gasteiger charge is 2.24. The Morgan fingerprint density at radius 2 is 1.57 bits per heavy atom. The fraction of sp³-hybridized carbons (Fsp3) is 0.348. The molecule has 7 nitrogen and oxygen atoms in total. The molecule has 0 fully saturated rings. The second-order valence-electron chi connectivity index (χ2n) is 7.79. The zero-order valence-electron chi connectivity index (χ0n) is 17.9. The lowest BCUT2D eigenvalue weighted by Gasteiger charge is -2.18. The van der Waals surface area contributed by atoms with Crippen molar-refractivity contribution in [2.45, 2.75) is 52.6 Å². The van der Waals surface area contributed by atoms with Crippen LogP contribution in [0, 0.1) is 0 Å². The molecule has 0 aromatic heterocycles. The summed E-state index contributed by atoms with van der Waals surface area (Å²) in [6.07, 6.45) is -1.10. The van der Waals surface area contributed by atoms with Crippen molar-refractivity contribution in [1.82, 2.24) is 0 Å². The molecule has 0 heterocycles. The van der Waals surface area contributed by atoms with Gasteiger partial charge in [0.15, 0.2) is 6.10 Å². The number of primary amides is 1. The molecule has 0 spiro atoms. The Kier molecular flexibility index (Phi) is 7.21. The van der Waals surface area contributed by atoms with Crippen LogP contribution in [0.4, 0.5) is 5.69 Å². The molecule has 2 aromatic rings. The van der Waals surface area contributed by atoms with Gasteiger partial charge in [-0.1, -0.05) is 33.8 Å². The number of aromatic hydroxyl groups is 1. The van der Waals surface area contributed by atoms with Gasteiger partial charge in [-0.15, -0.1) is 0 Å². The standard InChI is InChI=1S/C23H28N2O5/c1-12(2)16-10-18(13(3)4)20(26)19(11-16)23(29)30-14(5)22(28)25-17-8-6-15(7-9-17)21(24)27/h6-14,26H,1-5H3,(H2,24,27)(H,25,28)/t14-/m1/s1. The summed E-state index contributed by atoms with van der Waals surface area (Å²) >= 11 is 0. The number of nitrogens with one attached hydrogen (secondary N) is 1. The van der Waals surface area contributed by atoms with Crippen molar-refractivity contribution < 1.29 is 24.2 Å². The largest absolute Gasteiger partial charge is 0.507 e. The van der Waals surface area contributed by atoms with Crippen LogP contribution in [0.25, 0.3) is 0 Å². The number of carbonyl (C=O) groups excluding carboxylic acids is 3. The van der Waals surface area contributed by atoms with E-state index in [4.69, 9.17) is 10.5 Å². The molecule has 1 atom stereocenters. The van der Waals surface area contributed by atoms with Crippen LogP contribution >= 0.6 is 0 Å². The summed E-state index contributed by atoms with van der Waals surface area (Å²) in [6.45, 7) is 9.27. The molecule has 30 heavy (non-hydrogen) atoms. The van der Waals surface area contributed by atoms with Gasteiger partial charge in [-0.2, -0.15) is 0 Å². The number of rotatable bonds is 7. The lowest BCUT2D eigenvalue weighted by Crippen LogP contribution is -2.30. The maximum absolute atomic E-state index is 12.7. The van der Waals surface area contributed by atoms with Gasteiger partial charge in [0.05, 0.1) is 0 Å². The van der Waals surface area contributed by atoms with Crippen LogP contribution in [0.3, 0.4) is 0 Å². The third-order valence-electron chi connectivity index (χ3n) is 4.76. The van der Waals surface area contributed by atoms with Gasteiger partial charge in [0.25, 0.3) is 5.91 Å². The van der Waals surface area contributed by atoms with E-state index in [0.717, 1.165) is 5.56 Å². The number of carbonyl (C=O) groups is 3. The molecule has 4 N–H and O–H groups in total. The minimum absolute atomic E-state index is 0.0133. The second kappa shape index (κ2) is 9.43. The number of hydrogen-bond acceptors (Lipinski definition) is 5. The van der Waals surface area contributed by atoms with Crippen LogP contribution in [0.5, 0.6) is 5.75 Å². The van der Waals surface area contributed by atoms with E-state index in [1.165, 1.54) is 31.2 Å². The maximum atomic E-state index is 12.7. The van der Waals surface area contributed by atoms with Gasteiger partial charge in [-0.3, -0.25) is 9.59 Å². The molecular formula is C23H28N2O5. The maximum Gasteiger partial charge on any atom is 0.342 e. The minimum Gasteiger partial charge on any atom is -0.507 e. The summed E-state index contributed by atoms with van der Waals surface area (Å²) in [4.78, 5) is 36.2. The molecule has 0 radical (unpaired) electrons. The predicted molar refractivity (Wildman–Crippen MR) is 115 cm³/mol. The zero-order chi connectivity index (χ0) is 22.6. The number of ether oxygens (including phenoxy) is 1. The number of esters is 1. The Labute approximate surface area is 176 Å². The van der Waals surface area contributed by atoms with Gasteiger partial charge in [0, 0.05) is 11.3 Å². The van der Waals surface area contributed by atoms with Crippen LogP contribution in [0.1, 0.15) is 78.3 Å². The van der Waals surface area contributed by atoms with Crippen molar-refractivity contribution in [3.05, 3.63) is 58.7 Å². The Morgan fingerprint density at radius 3 is 2.07 bits per heavy atom. The van der Waals surface area contributed by atoms with E-state index in [0.29, 0.717) is 16.8 Å². The first-order chi connectivity index (χ1) is 14.0. The molecule has 2 rings (SSSR count). The summed E-state index contributed by atoms with van der Waals surface area (Å²) in [6, 6.07) is 9.50. The fourth-order valence-electron chi connectivity index (χ4n) is 2.85. The quantitative estimate of drug-likeness (QED) is 0.596. The molecule has 0 aliphatic carbocycles. The third kappa shape index (κ3) is 5.37. The Balaban J connectivity index is 2.16. The fourth-order valence-corrected chi connectivity index (χ4v) is 2.85. The minimum atomic E-state index is -1.10. The highest BCUT2D eigenvalue weighted by Crippen LogP contribution is 2.33. The summed E-state index contributed by atoms with van der Waals surface area (Å²) in [5.74, 6) is -1.85. The smallest absolute Gasteiger partial charge is 0.342 e. The normalized spacial score (nSPS) is 12.0. The lowest BCUT2D eigenvalue weighted by atomic mass is 9.92. The van der Waals surface area contributed by atoms with Crippen molar-refractivity contribution in [3.8, 4) is 5.75 Å². The first-order valence-electron chi connectivity index (χ1n) is 9.79. The van der Waals surface area contributed by atoms with Crippen molar-refractivity contribution in [2.24, 2.45) is 5.73 Å². The van der Waals surface area contributed by atoms with Crippen molar-refractivity contribution in [1.29, 1.82) is 0 Å². The summed E-state index contributed by atoms with van der Waals surface area (Å²) < 4.78 is 5.30. The topological polar surface area (TPSA) is 119 Å². The Hall–Kier alpha value is -3.35. The van der Waals surface area contributed by atoms with Gasteiger partial charge >= 0.3 is 5.97 Å². The Bertz CT molecular complexity index is 949. The van der Waals surface area contributed by atoms with E-state index in [9.17, 15) is 19.5 Å². The van der Waals surface area contributed by atoms with Gasteiger partial charge < -0.3 is 20.9 Å². The molecule has 2 amide bonds. The summed E-state index contributed by atoms with van der Waals surface area (Å²) in [5, 5.41) is 13.2. The van der Waals surface area contributed by atoms with Gasteiger partial charge in [-0.05, 0) is 60.2 Å². The average molecular weight is 412 g/mol. The van der Waals surface area contributed by atoms with Crippen LogP contribution in [0.15, 0.2) is 36.4 Å². The van der Waals surface area contributed by atoms with Crippen LogP contribution in [-0.2, 0) is 9.53 Å². The third-order valence-corrected chi connectivity index (χ3v) is 4.76. The number of benzene rings is 2. The predicted octanol–water partition coefficient (Wildman–Crippen LogP) is 3.92. The molecule has 160 valence electrons. The van der Waals surface area contributed by atoms with Crippen molar-refractivity contribution >= 4 is 23.5 Å². The summed E-state index contributed by atoms with van der Waals surface area (Å²) in [5.41, 5.74) is 7.52. The molecule has 7 heteroatoms. The number of nitrogens with two attached hydrogens (primary N) is 1. The second-order valence-corrected chi connectivity index (χ2v) is 7.79. The lowest BCUT2D eigenvalue weighted by molar-refractivity contribution is -0.123. The summed E-state index contributed by atoms with van der Waals surface area (Å²) in [7, 11) is 0. The van der Waals surface area contributed by atoms with Crippen molar-refractivity contribution in [3.63, 3.8) is 0 Å². The molecule has 0 unspecified atom stereocenters. The molecule has 0 bridgehead atoms. The van der Waals surface area contributed by atoms with Gasteiger partial charge in [0.1, 0.15) is 11.3 Å². The first kappa shape index (κ1) is 22.9. The molecule has 0 aliphatic heterocycles. The molecule has 0 saturated carbocycles. The van der Waals surface area contributed by atoms with E-state index >= 15 is 0 Å². The van der Waals surface area contributed by atoms with Crippen LogP contribution < -0.4 is 11.1 Å². The van der Waals surface area contributed by atoms with Gasteiger partial charge in [0.2, 0.25) is 5.91 Å². The number of amides is 2. The van der Waals surface area contributed by atoms with Crippen molar-refractivity contribution in [2.75, 3.05) is 5.32 Å². The van der Waals surface area contributed by atoms with Crippen LogP contribution in [0.2, 0.25) is 0 Å². The number of phenolic OH excluding ortho intramolecular Hbond substituents is 1. The molecular weight excluding hydrogens is 384 g/mol.